The summed E-state index contributed by atoms with van der Waals surface area (Å²) >= 11 is 4.79. The molecule has 2 nitrogen and oxygen atoms in total. The highest BCUT2D eigenvalue weighted by molar-refractivity contribution is 7.80. The standard InChI is InChI=1S/C7H8O2S/c1-2-3-5-4-6(8)9-7(5)10/h2,5H,1,3-4H2. The summed E-state index contributed by atoms with van der Waals surface area (Å²) in [5, 5.41) is 0.421. The van der Waals surface area contributed by atoms with Crippen molar-refractivity contribution in [3.63, 3.8) is 0 Å². The Labute approximate surface area is 64.9 Å². The largest absolute Gasteiger partial charge is 0.419 e. The van der Waals surface area contributed by atoms with Crippen LogP contribution < -0.4 is 0 Å². The maximum Gasteiger partial charge on any atom is 0.312 e. The molecule has 0 aromatic carbocycles. The Balaban J connectivity index is 2.54. The van der Waals surface area contributed by atoms with E-state index in [4.69, 9.17) is 12.2 Å². The Kier molecular flexibility index (Phi) is 2.17. The third-order valence-electron chi connectivity index (χ3n) is 1.41. The molecule has 0 bridgehead atoms. The Morgan fingerprint density at radius 1 is 1.90 bits per heavy atom. The van der Waals surface area contributed by atoms with Crippen LogP contribution in [0.25, 0.3) is 0 Å². The molecule has 1 saturated heterocycles. The van der Waals surface area contributed by atoms with Crippen molar-refractivity contribution in [2.24, 2.45) is 5.92 Å². The van der Waals surface area contributed by atoms with Crippen LogP contribution in [0.2, 0.25) is 0 Å². The molecule has 1 heterocycles. The van der Waals surface area contributed by atoms with Crippen LogP contribution in [0.5, 0.6) is 0 Å². The molecular weight excluding hydrogens is 148 g/mol. The summed E-state index contributed by atoms with van der Waals surface area (Å²) in [5.74, 6) is -0.114. The molecule has 0 aliphatic carbocycles. The second-order valence-corrected chi connectivity index (χ2v) is 2.62. The molecule has 1 unspecified atom stereocenters. The minimum atomic E-state index is -0.211. The fraction of sp³-hybridized carbons (Fsp3) is 0.429. The zero-order chi connectivity index (χ0) is 7.56. The predicted octanol–water partition coefficient (Wildman–Crippen LogP) is 1.45. The molecule has 3 heteroatoms. The molecule has 1 aliphatic heterocycles. The zero-order valence-corrected chi connectivity index (χ0v) is 6.32. The number of hydrogen-bond acceptors (Lipinski definition) is 3. The second kappa shape index (κ2) is 2.92. The van der Waals surface area contributed by atoms with Gasteiger partial charge < -0.3 is 4.74 Å². The van der Waals surface area contributed by atoms with Crippen LogP contribution in [0.4, 0.5) is 0 Å². The Morgan fingerprint density at radius 2 is 2.60 bits per heavy atom. The van der Waals surface area contributed by atoms with Gasteiger partial charge in [-0.3, -0.25) is 4.79 Å². The van der Waals surface area contributed by atoms with Gasteiger partial charge in [0.1, 0.15) is 0 Å². The van der Waals surface area contributed by atoms with Crippen LogP contribution in [0, 0.1) is 5.92 Å². The van der Waals surface area contributed by atoms with Crippen molar-refractivity contribution in [3.8, 4) is 0 Å². The number of rotatable bonds is 2. The molecule has 1 rings (SSSR count). The summed E-state index contributed by atoms with van der Waals surface area (Å²) in [7, 11) is 0. The van der Waals surface area contributed by atoms with E-state index in [0.717, 1.165) is 6.42 Å². The zero-order valence-electron chi connectivity index (χ0n) is 5.50. The van der Waals surface area contributed by atoms with Crippen molar-refractivity contribution in [2.45, 2.75) is 12.8 Å². The normalized spacial score (nSPS) is 24.6. The van der Waals surface area contributed by atoms with Gasteiger partial charge in [-0.2, -0.15) is 0 Å². The monoisotopic (exact) mass is 156 g/mol. The molecule has 0 saturated carbocycles. The van der Waals surface area contributed by atoms with Gasteiger partial charge in [0.2, 0.25) is 0 Å². The van der Waals surface area contributed by atoms with Crippen LogP contribution >= 0.6 is 12.2 Å². The fourth-order valence-corrected chi connectivity index (χ4v) is 1.17. The first-order valence-corrected chi connectivity index (χ1v) is 3.50. The molecule has 1 fully saturated rings. The summed E-state index contributed by atoms with van der Waals surface area (Å²) in [6, 6.07) is 0. The van der Waals surface area contributed by atoms with E-state index >= 15 is 0 Å². The molecule has 0 aromatic heterocycles. The molecule has 1 atom stereocenters. The molecule has 0 N–H and O–H groups in total. The van der Waals surface area contributed by atoms with E-state index in [1.54, 1.807) is 6.08 Å². The summed E-state index contributed by atoms with van der Waals surface area (Å²) in [5.41, 5.74) is 0. The van der Waals surface area contributed by atoms with E-state index in [9.17, 15) is 4.79 Å². The SMILES string of the molecule is C=CCC1CC(=O)OC1=S. The highest BCUT2D eigenvalue weighted by Gasteiger charge is 2.28. The van der Waals surface area contributed by atoms with Crippen LogP contribution in [0.3, 0.4) is 0 Å². The van der Waals surface area contributed by atoms with E-state index in [0.29, 0.717) is 11.5 Å². The van der Waals surface area contributed by atoms with Crippen molar-refractivity contribution < 1.29 is 9.53 Å². The fourth-order valence-electron chi connectivity index (χ4n) is 0.902. The van der Waals surface area contributed by atoms with Crippen molar-refractivity contribution in [1.82, 2.24) is 0 Å². The third kappa shape index (κ3) is 1.42. The van der Waals surface area contributed by atoms with Gasteiger partial charge in [-0.05, 0) is 18.6 Å². The topological polar surface area (TPSA) is 26.3 Å². The Hall–Kier alpha value is -0.700. The molecule has 0 aromatic rings. The lowest BCUT2D eigenvalue weighted by molar-refractivity contribution is -0.133. The lowest BCUT2D eigenvalue weighted by Gasteiger charge is -1.98. The van der Waals surface area contributed by atoms with Crippen LogP contribution in [-0.4, -0.2) is 11.0 Å². The van der Waals surface area contributed by atoms with Crippen molar-refractivity contribution >= 4 is 23.2 Å². The first-order chi connectivity index (χ1) is 4.74. The number of hydrogen-bond donors (Lipinski definition) is 0. The second-order valence-electron chi connectivity index (χ2n) is 2.22. The number of cyclic esters (lactones) is 1. The lowest BCUT2D eigenvalue weighted by atomic mass is 10.1. The van der Waals surface area contributed by atoms with Gasteiger partial charge in [0.15, 0.2) is 5.05 Å². The van der Waals surface area contributed by atoms with E-state index in [-0.39, 0.29) is 11.9 Å². The maximum absolute atomic E-state index is 10.6. The molecule has 1 aliphatic rings. The van der Waals surface area contributed by atoms with Gasteiger partial charge >= 0.3 is 5.97 Å². The predicted molar refractivity (Wildman–Crippen MR) is 41.6 cm³/mol. The summed E-state index contributed by atoms with van der Waals surface area (Å²) in [6.07, 6.45) is 2.91. The van der Waals surface area contributed by atoms with Gasteiger partial charge in [-0.1, -0.05) is 6.08 Å². The molecule has 0 radical (unpaired) electrons. The number of thiocarbonyl (C=S) groups is 1. The molecular formula is C7H8O2S. The van der Waals surface area contributed by atoms with Gasteiger partial charge in [0.25, 0.3) is 0 Å². The lowest BCUT2D eigenvalue weighted by Crippen LogP contribution is -2.02. The highest BCUT2D eigenvalue weighted by Crippen LogP contribution is 2.20. The molecule has 10 heavy (non-hydrogen) atoms. The summed E-state index contributed by atoms with van der Waals surface area (Å²) in [6.45, 7) is 3.56. The Morgan fingerprint density at radius 3 is 3.00 bits per heavy atom. The van der Waals surface area contributed by atoms with Crippen LogP contribution in [0.15, 0.2) is 12.7 Å². The first kappa shape index (κ1) is 7.41. The van der Waals surface area contributed by atoms with Gasteiger partial charge in [-0.25, -0.2) is 0 Å². The van der Waals surface area contributed by atoms with Crippen molar-refractivity contribution in [1.29, 1.82) is 0 Å². The number of carbonyl (C=O) groups excluding carboxylic acids is 1. The smallest absolute Gasteiger partial charge is 0.312 e. The number of esters is 1. The minimum Gasteiger partial charge on any atom is -0.419 e. The van der Waals surface area contributed by atoms with Crippen molar-refractivity contribution in [3.05, 3.63) is 12.7 Å². The van der Waals surface area contributed by atoms with Gasteiger partial charge in [0, 0.05) is 5.92 Å². The van der Waals surface area contributed by atoms with E-state index in [2.05, 4.69) is 11.3 Å². The average molecular weight is 156 g/mol. The van der Waals surface area contributed by atoms with Crippen molar-refractivity contribution in [2.75, 3.05) is 0 Å². The molecule has 0 spiro atoms. The number of carbonyl (C=O) groups is 1. The highest BCUT2D eigenvalue weighted by atomic mass is 32.1. The number of allylic oxidation sites excluding steroid dienone is 1. The van der Waals surface area contributed by atoms with Gasteiger partial charge in [0.05, 0.1) is 6.42 Å². The Bertz CT molecular complexity index is 186. The van der Waals surface area contributed by atoms with E-state index in [1.807, 2.05) is 0 Å². The summed E-state index contributed by atoms with van der Waals surface area (Å²) in [4.78, 5) is 10.6. The van der Waals surface area contributed by atoms with Gasteiger partial charge in [-0.15, -0.1) is 6.58 Å². The third-order valence-corrected chi connectivity index (χ3v) is 1.83. The average Bonchev–Trinajstić information content (AvgIpc) is 2.13. The molecule has 54 valence electrons. The van der Waals surface area contributed by atoms with Crippen LogP contribution in [-0.2, 0) is 9.53 Å². The van der Waals surface area contributed by atoms with E-state index in [1.165, 1.54) is 0 Å². The quantitative estimate of drug-likeness (QED) is 0.344. The van der Waals surface area contributed by atoms with Crippen LogP contribution in [0.1, 0.15) is 12.8 Å². The molecule has 0 amide bonds. The number of ether oxygens (including phenoxy) is 1. The minimum absolute atomic E-state index is 0.0972. The first-order valence-electron chi connectivity index (χ1n) is 3.09. The summed E-state index contributed by atoms with van der Waals surface area (Å²) < 4.78 is 4.67. The maximum atomic E-state index is 10.6. The van der Waals surface area contributed by atoms with E-state index < -0.39 is 0 Å².